The van der Waals surface area contributed by atoms with E-state index in [-0.39, 0.29) is 17.7 Å². The van der Waals surface area contributed by atoms with E-state index < -0.39 is 11.9 Å². The lowest BCUT2D eigenvalue weighted by molar-refractivity contribution is -0.144. The molecule has 2 aromatic rings. The standard InChI is InChI=1S/C22H23NO5/c1-14-20(22(26)27)4-3-13-23(14)21(25)17-7-11-19(12-8-17)28-18-9-5-16(6-10-18)15(2)24/h5-12,14,20H,3-4,13H2,1-2H3,(H,26,27)/t14-,20-/m1/s1. The Morgan fingerprint density at radius 1 is 0.964 bits per heavy atom. The molecule has 1 heterocycles. The number of carbonyl (C=O) groups excluding carboxylic acids is 2. The van der Waals surface area contributed by atoms with Crippen LogP contribution >= 0.6 is 0 Å². The molecule has 3 rings (SSSR count). The molecule has 1 aliphatic heterocycles. The molecule has 1 fully saturated rings. The van der Waals surface area contributed by atoms with Gasteiger partial charge in [-0.1, -0.05) is 0 Å². The van der Waals surface area contributed by atoms with Gasteiger partial charge in [0.25, 0.3) is 5.91 Å². The molecule has 2 aromatic carbocycles. The van der Waals surface area contributed by atoms with Gasteiger partial charge in [0.1, 0.15) is 11.5 Å². The lowest BCUT2D eigenvalue weighted by atomic mass is 9.90. The number of rotatable bonds is 5. The van der Waals surface area contributed by atoms with Gasteiger partial charge in [0.05, 0.1) is 5.92 Å². The van der Waals surface area contributed by atoms with E-state index in [0.717, 1.165) is 0 Å². The topological polar surface area (TPSA) is 83.9 Å². The minimum absolute atomic E-state index is 0.00788. The van der Waals surface area contributed by atoms with Crippen molar-refractivity contribution in [3.05, 3.63) is 59.7 Å². The monoisotopic (exact) mass is 381 g/mol. The number of benzene rings is 2. The largest absolute Gasteiger partial charge is 0.481 e. The third-order valence-electron chi connectivity index (χ3n) is 5.16. The van der Waals surface area contributed by atoms with E-state index in [1.165, 1.54) is 6.92 Å². The fraction of sp³-hybridized carbons (Fsp3) is 0.318. The average Bonchev–Trinajstić information content (AvgIpc) is 2.68. The second-order valence-corrected chi connectivity index (χ2v) is 7.03. The summed E-state index contributed by atoms with van der Waals surface area (Å²) in [6.07, 6.45) is 1.28. The summed E-state index contributed by atoms with van der Waals surface area (Å²) in [5.74, 6) is -0.398. The van der Waals surface area contributed by atoms with Crippen molar-refractivity contribution < 1.29 is 24.2 Å². The number of likely N-dealkylation sites (tertiary alicyclic amines) is 1. The first-order chi connectivity index (χ1) is 13.4. The Morgan fingerprint density at radius 3 is 2.00 bits per heavy atom. The first-order valence-corrected chi connectivity index (χ1v) is 9.29. The number of aliphatic carboxylic acids is 1. The fourth-order valence-electron chi connectivity index (χ4n) is 3.49. The maximum Gasteiger partial charge on any atom is 0.308 e. The van der Waals surface area contributed by atoms with Crippen LogP contribution in [0.5, 0.6) is 11.5 Å². The van der Waals surface area contributed by atoms with Crippen molar-refractivity contribution in [3.63, 3.8) is 0 Å². The number of hydrogen-bond donors (Lipinski definition) is 1. The molecular formula is C22H23NO5. The lowest BCUT2D eigenvalue weighted by Crippen LogP contribution is -2.49. The van der Waals surface area contributed by atoms with Crippen LogP contribution in [0.2, 0.25) is 0 Å². The minimum Gasteiger partial charge on any atom is -0.481 e. The van der Waals surface area contributed by atoms with Gasteiger partial charge >= 0.3 is 5.97 Å². The van der Waals surface area contributed by atoms with E-state index in [9.17, 15) is 19.5 Å². The number of carboxylic acid groups (broad SMARTS) is 1. The van der Waals surface area contributed by atoms with Gasteiger partial charge < -0.3 is 14.7 Å². The number of piperidine rings is 1. The molecule has 2 atom stereocenters. The van der Waals surface area contributed by atoms with Crippen LogP contribution in [0.1, 0.15) is 47.4 Å². The maximum absolute atomic E-state index is 12.8. The molecule has 0 unspecified atom stereocenters. The number of hydrogen-bond acceptors (Lipinski definition) is 4. The summed E-state index contributed by atoms with van der Waals surface area (Å²) >= 11 is 0. The van der Waals surface area contributed by atoms with Crippen molar-refractivity contribution in [1.29, 1.82) is 0 Å². The van der Waals surface area contributed by atoms with E-state index in [0.29, 0.717) is 42.0 Å². The number of ketones is 1. The van der Waals surface area contributed by atoms with Gasteiger partial charge in [0.15, 0.2) is 5.78 Å². The highest BCUT2D eigenvalue weighted by Crippen LogP contribution is 2.27. The molecule has 1 N–H and O–H groups in total. The average molecular weight is 381 g/mol. The highest BCUT2D eigenvalue weighted by atomic mass is 16.5. The van der Waals surface area contributed by atoms with Crippen LogP contribution in [0, 0.1) is 5.92 Å². The zero-order chi connectivity index (χ0) is 20.3. The number of nitrogens with zero attached hydrogens (tertiary/aromatic N) is 1. The van der Waals surface area contributed by atoms with Crippen molar-refractivity contribution in [2.45, 2.75) is 32.7 Å². The highest BCUT2D eigenvalue weighted by Gasteiger charge is 2.35. The number of Topliss-reactive ketones (excluding diaryl/α,β-unsaturated/α-hetero) is 1. The summed E-state index contributed by atoms with van der Waals surface area (Å²) in [5, 5.41) is 9.33. The summed E-state index contributed by atoms with van der Waals surface area (Å²) < 4.78 is 5.75. The van der Waals surface area contributed by atoms with Crippen molar-refractivity contribution in [2.75, 3.05) is 6.54 Å². The summed E-state index contributed by atoms with van der Waals surface area (Å²) in [5.41, 5.74) is 1.11. The Bertz CT molecular complexity index is 873. The Morgan fingerprint density at radius 2 is 1.50 bits per heavy atom. The molecule has 146 valence electrons. The molecule has 0 saturated carbocycles. The number of amides is 1. The van der Waals surface area contributed by atoms with E-state index in [1.54, 1.807) is 60.4 Å². The quantitative estimate of drug-likeness (QED) is 0.791. The number of carbonyl (C=O) groups is 3. The second-order valence-electron chi connectivity index (χ2n) is 7.03. The summed E-state index contributed by atoms with van der Waals surface area (Å²) in [6, 6.07) is 13.3. The van der Waals surface area contributed by atoms with Crippen molar-refractivity contribution in [3.8, 4) is 11.5 Å². The minimum atomic E-state index is -0.857. The normalized spacial score (nSPS) is 19.1. The first kappa shape index (κ1) is 19.6. The zero-order valence-electron chi connectivity index (χ0n) is 15.9. The van der Waals surface area contributed by atoms with E-state index in [4.69, 9.17) is 4.74 Å². The number of ether oxygens (including phenoxy) is 1. The van der Waals surface area contributed by atoms with Crippen LogP contribution in [-0.4, -0.2) is 40.3 Å². The Labute approximate surface area is 163 Å². The lowest BCUT2D eigenvalue weighted by Gasteiger charge is -2.37. The predicted molar refractivity (Wildman–Crippen MR) is 104 cm³/mol. The van der Waals surface area contributed by atoms with E-state index >= 15 is 0 Å². The third-order valence-corrected chi connectivity index (χ3v) is 5.16. The van der Waals surface area contributed by atoms with Gasteiger partial charge in [-0.3, -0.25) is 14.4 Å². The zero-order valence-corrected chi connectivity index (χ0v) is 15.9. The molecule has 1 amide bonds. The van der Waals surface area contributed by atoms with E-state index in [1.807, 2.05) is 0 Å². The van der Waals surface area contributed by atoms with Gasteiger partial charge in [-0.05, 0) is 75.2 Å². The Hall–Kier alpha value is -3.15. The van der Waals surface area contributed by atoms with Gasteiger partial charge in [-0.15, -0.1) is 0 Å². The van der Waals surface area contributed by atoms with Crippen molar-refractivity contribution >= 4 is 17.7 Å². The van der Waals surface area contributed by atoms with Crippen molar-refractivity contribution in [2.24, 2.45) is 5.92 Å². The molecule has 0 bridgehead atoms. The summed E-state index contributed by atoms with van der Waals surface area (Å²) in [7, 11) is 0. The van der Waals surface area contributed by atoms with Gasteiger partial charge in [-0.25, -0.2) is 0 Å². The van der Waals surface area contributed by atoms with Crippen molar-refractivity contribution in [1.82, 2.24) is 4.90 Å². The molecule has 0 spiro atoms. The molecule has 1 saturated heterocycles. The molecular weight excluding hydrogens is 358 g/mol. The molecule has 0 aromatic heterocycles. The van der Waals surface area contributed by atoms with Gasteiger partial charge in [0, 0.05) is 23.7 Å². The predicted octanol–water partition coefficient (Wildman–Crippen LogP) is 4.01. The fourth-order valence-corrected chi connectivity index (χ4v) is 3.49. The van der Waals surface area contributed by atoms with Crippen LogP contribution in [-0.2, 0) is 4.79 Å². The molecule has 1 aliphatic rings. The first-order valence-electron chi connectivity index (χ1n) is 9.29. The second kappa shape index (κ2) is 8.25. The Kier molecular flexibility index (Phi) is 5.78. The maximum atomic E-state index is 12.8. The highest BCUT2D eigenvalue weighted by molar-refractivity contribution is 5.95. The van der Waals surface area contributed by atoms with E-state index in [2.05, 4.69) is 0 Å². The van der Waals surface area contributed by atoms with Crippen LogP contribution in [0.25, 0.3) is 0 Å². The molecule has 0 aliphatic carbocycles. The van der Waals surface area contributed by atoms with Gasteiger partial charge in [0.2, 0.25) is 0 Å². The van der Waals surface area contributed by atoms with Crippen LogP contribution in [0.3, 0.4) is 0 Å². The molecule has 6 heteroatoms. The van der Waals surface area contributed by atoms with Gasteiger partial charge in [-0.2, -0.15) is 0 Å². The molecule has 0 radical (unpaired) electrons. The summed E-state index contributed by atoms with van der Waals surface area (Å²) in [4.78, 5) is 37.1. The van der Waals surface area contributed by atoms with Crippen LogP contribution < -0.4 is 4.74 Å². The smallest absolute Gasteiger partial charge is 0.308 e. The van der Waals surface area contributed by atoms with Crippen LogP contribution in [0.15, 0.2) is 48.5 Å². The third kappa shape index (κ3) is 4.22. The molecule has 28 heavy (non-hydrogen) atoms. The number of carboxylic acids is 1. The van der Waals surface area contributed by atoms with Crippen LogP contribution in [0.4, 0.5) is 0 Å². The SMILES string of the molecule is CC(=O)c1ccc(Oc2ccc(C(=O)N3CCC[C@@H](C(=O)O)[C@H]3C)cc2)cc1. The molecule has 6 nitrogen and oxygen atoms in total. The Balaban J connectivity index is 1.69. The summed E-state index contributed by atoms with van der Waals surface area (Å²) in [6.45, 7) is 3.86.